The normalized spacial score (nSPS) is 25.6. The van der Waals surface area contributed by atoms with Gasteiger partial charge < -0.3 is 5.73 Å². The number of primary amides is 1. The Labute approximate surface area is 77.8 Å². The van der Waals surface area contributed by atoms with Crippen LogP contribution in [0.2, 0.25) is 0 Å². The third-order valence-electron chi connectivity index (χ3n) is 2.81. The molecule has 1 aliphatic carbocycles. The van der Waals surface area contributed by atoms with E-state index in [9.17, 15) is 4.79 Å². The summed E-state index contributed by atoms with van der Waals surface area (Å²) in [5.41, 5.74) is 7.77. The molecule has 0 saturated heterocycles. The first-order chi connectivity index (χ1) is 6.20. The Kier molecular flexibility index (Phi) is 1.83. The number of amides is 1. The smallest absolute Gasteiger partial charge is 0.225 e. The standard InChI is InChI=1S/C11H13NO/c1-7-6-8-4-2-3-5-9(8)10(7)11(12)13/h2-5,7,10H,6H2,1H3,(H2,12,13)/t7?,10-/m0/s1. The second-order valence-corrected chi connectivity index (χ2v) is 3.76. The number of hydrogen-bond donors (Lipinski definition) is 1. The van der Waals surface area contributed by atoms with Gasteiger partial charge in [-0.25, -0.2) is 0 Å². The molecule has 2 atom stereocenters. The van der Waals surface area contributed by atoms with Gasteiger partial charge in [0, 0.05) is 0 Å². The van der Waals surface area contributed by atoms with E-state index < -0.39 is 0 Å². The van der Waals surface area contributed by atoms with Crippen molar-refractivity contribution in [3.63, 3.8) is 0 Å². The first-order valence-electron chi connectivity index (χ1n) is 4.57. The molecule has 0 heterocycles. The van der Waals surface area contributed by atoms with Crippen molar-refractivity contribution >= 4 is 5.91 Å². The largest absolute Gasteiger partial charge is 0.369 e. The van der Waals surface area contributed by atoms with E-state index in [0.717, 1.165) is 12.0 Å². The minimum atomic E-state index is -0.197. The fraction of sp³-hybridized carbons (Fsp3) is 0.364. The van der Waals surface area contributed by atoms with Crippen LogP contribution in [0.1, 0.15) is 24.0 Å². The van der Waals surface area contributed by atoms with Gasteiger partial charge in [-0.3, -0.25) is 4.79 Å². The molecule has 0 fully saturated rings. The van der Waals surface area contributed by atoms with Crippen LogP contribution in [0.5, 0.6) is 0 Å². The molecule has 0 saturated carbocycles. The van der Waals surface area contributed by atoms with E-state index in [1.54, 1.807) is 0 Å². The zero-order chi connectivity index (χ0) is 9.42. The average Bonchev–Trinajstić information content (AvgIpc) is 2.39. The quantitative estimate of drug-likeness (QED) is 0.689. The number of carbonyl (C=O) groups is 1. The summed E-state index contributed by atoms with van der Waals surface area (Å²) < 4.78 is 0. The minimum absolute atomic E-state index is 0.0730. The lowest BCUT2D eigenvalue weighted by molar-refractivity contribution is -0.120. The van der Waals surface area contributed by atoms with Crippen molar-refractivity contribution in [1.29, 1.82) is 0 Å². The van der Waals surface area contributed by atoms with E-state index >= 15 is 0 Å². The molecule has 1 aromatic rings. The van der Waals surface area contributed by atoms with Crippen molar-refractivity contribution in [3.8, 4) is 0 Å². The first kappa shape index (κ1) is 8.30. The predicted octanol–water partition coefficient (Wildman–Crippen LogP) is 1.45. The van der Waals surface area contributed by atoms with Gasteiger partial charge in [-0.15, -0.1) is 0 Å². The molecule has 13 heavy (non-hydrogen) atoms. The van der Waals surface area contributed by atoms with Gasteiger partial charge in [0.2, 0.25) is 5.91 Å². The molecule has 2 N–H and O–H groups in total. The van der Waals surface area contributed by atoms with Crippen molar-refractivity contribution in [3.05, 3.63) is 35.4 Å². The van der Waals surface area contributed by atoms with Crippen LogP contribution in [0.3, 0.4) is 0 Å². The molecule has 2 nitrogen and oxygen atoms in total. The highest BCUT2D eigenvalue weighted by atomic mass is 16.1. The van der Waals surface area contributed by atoms with Crippen LogP contribution in [0.4, 0.5) is 0 Å². The number of carbonyl (C=O) groups excluding carboxylic acids is 1. The van der Waals surface area contributed by atoms with Crippen LogP contribution < -0.4 is 5.73 Å². The van der Waals surface area contributed by atoms with E-state index in [1.807, 2.05) is 18.2 Å². The highest BCUT2D eigenvalue weighted by Gasteiger charge is 2.32. The van der Waals surface area contributed by atoms with Crippen LogP contribution in [0.25, 0.3) is 0 Å². The molecule has 0 bridgehead atoms. The molecular weight excluding hydrogens is 162 g/mol. The predicted molar refractivity (Wildman–Crippen MR) is 51.2 cm³/mol. The summed E-state index contributed by atoms with van der Waals surface area (Å²) >= 11 is 0. The summed E-state index contributed by atoms with van der Waals surface area (Å²) in [5.74, 6) is 0.0866. The van der Waals surface area contributed by atoms with Gasteiger partial charge in [0.25, 0.3) is 0 Å². The summed E-state index contributed by atoms with van der Waals surface area (Å²) in [6.07, 6.45) is 0.976. The van der Waals surface area contributed by atoms with Crippen LogP contribution in [-0.4, -0.2) is 5.91 Å². The van der Waals surface area contributed by atoms with Crippen molar-refractivity contribution in [2.45, 2.75) is 19.3 Å². The number of rotatable bonds is 1. The molecule has 1 unspecified atom stereocenters. The molecule has 2 rings (SSSR count). The Morgan fingerprint density at radius 2 is 2.15 bits per heavy atom. The third kappa shape index (κ3) is 1.22. The first-order valence-corrected chi connectivity index (χ1v) is 4.57. The zero-order valence-corrected chi connectivity index (χ0v) is 7.66. The van der Waals surface area contributed by atoms with Crippen LogP contribution in [-0.2, 0) is 11.2 Å². The fourth-order valence-electron chi connectivity index (χ4n) is 2.23. The van der Waals surface area contributed by atoms with Crippen molar-refractivity contribution in [2.24, 2.45) is 11.7 Å². The Morgan fingerprint density at radius 1 is 1.46 bits per heavy atom. The highest BCUT2D eigenvalue weighted by molar-refractivity contribution is 5.83. The number of nitrogens with two attached hydrogens (primary N) is 1. The monoisotopic (exact) mass is 175 g/mol. The Morgan fingerprint density at radius 3 is 2.85 bits per heavy atom. The average molecular weight is 175 g/mol. The molecule has 0 spiro atoms. The SMILES string of the molecule is CC1Cc2ccccc2[C@H]1C(N)=O. The highest BCUT2D eigenvalue weighted by Crippen LogP contribution is 2.36. The molecule has 0 aromatic heterocycles. The van der Waals surface area contributed by atoms with Gasteiger partial charge in [0.15, 0.2) is 0 Å². The van der Waals surface area contributed by atoms with Gasteiger partial charge in [-0.1, -0.05) is 31.2 Å². The van der Waals surface area contributed by atoms with E-state index in [4.69, 9.17) is 5.73 Å². The molecule has 1 aliphatic rings. The maximum Gasteiger partial charge on any atom is 0.225 e. The molecule has 0 aliphatic heterocycles. The van der Waals surface area contributed by atoms with Crippen LogP contribution >= 0.6 is 0 Å². The van der Waals surface area contributed by atoms with E-state index in [1.165, 1.54) is 5.56 Å². The van der Waals surface area contributed by atoms with Crippen molar-refractivity contribution < 1.29 is 4.79 Å². The maximum atomic E-state index is 11.2. The van der Waals surface area contributed by atoms with Crippen molar-refractivity contribution in [2.75, 3.05) is 0 Å². The summed E-state index contributed by atoms with van der Waals surface area (Å²) in [7, 11) is 0. The summed E-state index contributed by atoms with van der Waals surface area (Å²) in [6.45, 7) is 2.08. The van der Waals surface area contributed by atoms with E-state index in [2.05, 4.69) is 13.0 Å². The Hall–Kier alpha value is -1.31. The molecular formula is C11H13NO. The number of fused-ring (bicyclic) bond motifs is 1. The fourth-order valence-corrected chi connectivity index (χ4v) is 2.23. The number of benzene rings is 1. The number of hydrogen-bond acceptors (Lipinski definition) is 1. The summed E-state index contributed by atoms with van der Waals surface area (Å²) in [6, 6.07) is 8.06. The van der Waals surface area contributed by atoms with E-state index in [-0.39, 0.29) is 11.8 Å². The second-order valence-electron chi connectivity index (χ2n) is 3.76. The van der Waals surface area contributed by atoms with Gasteiger partial charge in [0.05, 0.1) is 5.92 Å². The van der Waals surface area contributed by atoms with Crippen molar-refractivity contribution in [1.82, 2.24) is 0 Å². The second kappa shape index (κ2) is 2.87. The topological polar surface area (TPSA) is 43.1 Å². The lowest BCUT2D eigenvalue weighted by Crippen LogP contribution is -2.23. The molecule has 0 radical (unpaired) electrons. The molecule has 2 heteroatoms. The van der Waals surface area contributed by atoms with Gasteiger partial charge >= 0.3 is 0 Å². The molecule has 1 aromatic carbocycles. The summed E-state index contributed by atoms with van der Waals surface area (Å²) in [4.78, 5) is 11.2. The molecule has 1 amide bonds. The third-order valence-corrected chi connectivity index (χ3v) is 2.81. The lowest BCUT2D eigenvalue weighted by Gasteiger charge is -2.11. The zero-order valence-electron chi connectivity index (χ0n) is 7.66. The van der Waals surface area contributed by atoms with Gasteiger partial charge in [0.1, 0.15) is 0 Å². The van der Waals surface area contributed by atoms with Crippen LogP contribution in [0, 0.1) is 5.92 Å². The Bertz CT molecular complexity index is 346. The van der Waals surface area contributed by atoms with Gasteiger partial charge in [-0.2, -0.15) is 0 Å². The van der Waals surface area contributed by atoms with Crippen LogP contribution in [0.15, 0.2) is 24.3 Å². The summed E-state index contributed by atoms with van der Waals surface area (Å²) in [5, 5.41) is 0. The van der Waals surface area contributed by atoms with Gasteiger partial charge in [-0.05, 0) is 23.5 Å². The lowest BCUT2D eigenvalue weighted by atomic mass is 9.94. The molecule has 68 valence electrons. The van der Waals surface area contributed by atoms with E-state index in [0.29, 0.717) is 5.92 Å². The minimum Gasteiger partial charge on any atom is -0.369 e. The maximum absolute atomic E-state index is 11.2. The Balaban J connectivity index is 2.46.